The van der Waals surface area contributed by atoms with Crippen molar-refractivity contribution < 1.29 is 9.53 Å². The Kier molecular flexibility index (Phi) is 7.06. The first-order chi connectivity index (χ1) is 11.5. The van der Waals surface area contributed by atoms with Crippen molar-refractivity contribution in [2.75, 3.05) is 40.3 Å². The van der Waals surface area contributed by atoms with Crippen LogP contribution in [-0.2, 0) is 11.3 Å². The van der Waals surface area contributed by atoms with E-state index in [1.165, 1.54) is 11.1 Å². The lowest BCUT2D eigenvalue weighted by Gasteiger charge is -2.27. The standard InChI is InChI=1S/C19H31N3O2/c1-15-7-8-17(12-16(15)2)13-20-19(23)22(10-9-21(3)4)14-18-6-5-11-24-18/h7-8,12,18H,5-6,9-11,13-14H2,1-4H3,(H,20,23). The van der Waals surface area contributed by atoms with Gasteiger partial charge in [0.15, 0.2) is 0 Å². The summed E-state index contributed by atoms with van der Waals surface area (Å²) in [7, 11) is 4.05. The molecule has 1 aliphatic rings. The minimum Gasteiger partial charge on any atom is -0.376 e. The Balaban J connectivity index is 1.90. The number of nitrogens with one attached hydrogen (secondary N) is 1. The summed E-state index contributed by atoms with van der Waals surface area (Å²) in [5.41, 5.74) is 3.66. The fourth-order valence-corrected chi connectivity index (χ4v) is 2.83. The van der Waals surface area contributed by atoms with E-state index in [1.807, 2.05) is 19.0 Å². The summed E-state index contributed by atoms with van der Waals surface area (Å²) < 4.78 is 5.70. The quantitative estimate of drug-likeness (QED) is 0.834. The van der Waals surface area contributed by atoms with Crippen LogP contribution in [0.3, 0.4) is 0 Å². The van der Waals surface area contributed by atoms with Crippen LogP contribution in [0.15, 0.2) is 18.2 Å². The molecule has 1 N–H and O–H groups in total. The molecule has 0 spiro atoms. The predicted octanol–water partition coefficient (Wildman–Crippen LogP) is 2.56. The molecule has 0 aliphatic carbocycles. The molecule has 134 valence electrons. The molecular weight excluding hydrogens is 302 g/mol. The number of nitrogens with zero attached hydrogens (tertiary/aromatic N) is 2. The van der Waals surface area contributed by atoms with Gasteiger partial charge in [0.1, 0.15) is 0 Å². The maximum absolute atomic E-state index is 12.6. The van der Waals surface area contributed by atoms with Crippen molar-refractivity contribution in [1.82, 2.24) is 15.1 Å². The maximum Gasteiger partial charge on any atom is 0.317 e. The fraction of sp³-hybridized carbons (Fsp3) is 0.632. The maximum atomic E-state index is 12.6. The molecule has 0 aromatic heterocycles. The summed E-state index contributed by atoms with van der Waals surface area (Å²) in [6.07, 6.45) is 2.32. The number of amides is 2. The third-order valence-electron chi connectivity index (χ3n) is 4.57. The molecular formula is C19H31N3O2. The Bertz CT molecular complexity index is 539. The van der Waals surface area contributed by atoms with E-state index in [0.29, 0.717) is 19.6 Å². The van der Waals surface area contributed by atoms with Crippen LogP contribution < -0.4 is 5.32 Å². The van der Waals surface area contributed by atoms with Gasteiger partial charge >= 0.3 is 6.03 Å². The molecule has 5 nitrogen and oxygen atoms in total. The van der Waals surface area contributed by atoms with Crippen molar-refractivity contribution in [3.63, 3.8) is 0 Å². The molecule has 1 fully saturated rings. The second-order valence-corrected chi connectivity index (χ2v) is 6.96. The number of benzene rings is 1. The highest BCUT2D eigenvalue weighted by Crippen LogP contribution is 2.14. The third-order valence-corrected chi connectivity index (χ3v) is 4.57. The van der Waals surface area contributed by atoms with Crippen molar-refractivity contribution in [3.8, 4) is 0 Å². The number of hydrogen-bond donors (Lipinski definition) is 1. The van der Waals surface area contributed by atoms with Gasteiger partial charge in [0.25, 0.3) is 0 Å². The van der Waals surface area contributed by atoms with Crippen LogP contribution in [0.4, 0.5) is 4.79 Å². The molecule has 1 aromatic rings. The van der Waals surface area contributed by atoms with E-state index in [4.69, 9.17) is 4.74 Å². The van der Waals surface area contributed by atoms with Crippen molar-refractivity contribution >= 4 is 6.03 Å². The van der Waals surface area contributed by atoms with E-state index in [2.05, 4.69) is 42.3 Å². The van der Waals surface area contributed by atoms with Gasteiger partial charge in [-0.05, 0) is 57.5 Å². The lowest BCUT2D eigenvalue weighted by Crippen LogP contribution is -2.46. The molecule has 2 rings (SSSR count). The lowest BCUT2D eigenvalue weighted by molar-refractivity contribution is 0.0795. The summed E-state index contributed by atoms with van der Waals surface area (Å²) in [6, 6.07) is 6.31. The van der Waals surface area contributed by atoms with Gasteiger partial charge in [0.2, 0.25) is 0 Å². The van der Waals surface area contributed by atoms with Crippen LogP contribution in [-0.4, -0.2) is 62.3 Å². The number of urea groups is 1. The van der Waals surface area contributed by atoms with Crippen LogP contribution in [0, 0.1) is 13.8 Å². The van der Waals surface area contributed by atoms with Crippen molar-refractivity contribution in [2.45, 2.75) is 39.3 Å². The first-order valence-corrected chi connectivity index (χ1v) is 8.81. The second kappa shape index (κ2) is 9.04. The van der Waals surface area contributed by atoms with Gasteiger partial charge in [0, 0.05) is 32.8 Å². The zero-order valence-electron chi connectivity index (χ0n) is 15.5. The Morgan fingerprint density at radius 3 is 2.67 bits per heavy atom. The number of hydrogen-bond acceptors (Lipinski definition) is 3. The van der Waals surface area contributed by atoms with E-state index < -0.39 is 0 Å². The number of carbonyl (C=O) groups excluding carboxylic acids is 1. The first-order valence-electron chi connectivity index (χ1n) is 8.81. The average molecular weight is 333 g/mol. The topological polar surface area (TPSA) is 44.8 Å². The highest BCUT2D eigenvalue weighted by atomic mass is 16.5. The highest BCUT2D eigenvalue weighted by Gasteiger charge is 2.22. The molecule has 0 radical (unpaired) electrons. The molecule has 0 bridgehead atoms. The van der Waals surface area contributed by atoms with E-state index in [9.17, 15) is 4.79 Å². The molecule has 1 unspecified atom stereocenters. The molecule has 1 aliphatic heterocycles. The first kappa shape index (κ1) is 18.7. The van der Waals surface area contributed by atoms with Gasteiger partial charge < -0.3 is 19.9 Å². The Morgan fingerprint density at radius 2 is 2.04 bits per heavy atom. The van der Waals surface area contributed by atoms with E-state index in [-0.39, 0.29) is 12.1 Å². The zero-order chi connectivity index (χ0) is 17.5. The zero-order valence-corrected chi connectivity index (χ0v) is 15.5. The SMILES string of the molecule is Cc1ccc(CNC(=O)N(CCN(C)C)CC2CCCO2)cc1C. The van der Waals surface area contributed by atoms with Gasteiger partial charge in [-0.3, -0.25) is 0 Å². The largest absolute Gasteiger partial charge is 0.376 e. The third kappa shape index (κ3) is 5.80. The summed E-state index contributed by atoms with van der Waals surface area (Å²) in [5, 5.41) is 3.06. The Morgan fingerprint density at radius 1 is 1.25 bits per heavy atom. The fourth-order valence-electron chi connectivity index (χ4n) is 2.83. The molecule has 0 saturated carbocycles. The van der Waals surface area contributed by atoms with Crippen LogP contribution >= 0.6 is 0 Å². The smallest absolute Gasteiger partial charge is 0.317 e. The number of ether oxygens (including phenoxy) is 1. The molecule has 2 amide bonds. The summed E-state index contributed by atoms with van der Waals surface area (Å²) in [5.74, 6) is 0. The van der Waals surface area contributed by atoms with Crippen molar-refractivity contribution in [3.05, 3.63) is 34.9 Å². The number of aryl methyl sites for hydroxylation is 2. The lowest BCUT2D eigenvalue weighted by atomic mass is 10.1. The normalized spacial score (nSPS) is 17.3. The van der Waals surface area contributed by atoms with Gasteiger partial charge in [-0.25, -0.2) is 4.79 Å². The van der Waals surface area contributed by atoms with Crippen LogP contribution in [0.25, 0.3) is 0 Å². The Hall–Kier alpha value is -1.59. The van der Waals surface area contributed by atoms with E-state index in [0.717, 1.165) is 31.6 Å². The van der Waals surface area contributed by atoms with Crippen LogP contribution in [0.2, 0.25) is 0 Å². The highest BCUT2D eigenvalue weighted by molar-refractivity contribution is 5.74. The monoisotopic (exact) mass is 333 g/mol. The average Bonchev–Trinajstić information content (AvgIpc) is 3.05. The van der Waals surface area contributed by atoms with E-state index >= 15 is 0 Å². The van der Waals surface area contributed by atoms with Crippen molar-refractivity contribution in [1.29, 1.82) is 0 Å². The van der Waals surface area contributed by atoms with Crippen molar-refractivity contribution in [2.24, 2.45) is 0 Å². The van der Waals surface area contributed by atoms with E-state index in [1.54, 1.807) is 0 Å². The van der Waals surface area contributed by atoms with Crippen LogP contribution in [0.5, 0.6) is 0 Å². The molecule has 1 saturated heterocycles. The molecule has 1 atom stereocenters. The molecule has 1 heterocycles. The minimum absolute atomic E-state index is 0.00872. The van der Waals surface area contributed by atoms with Gasteiger partial charge in [-0.15, -0.1) is 0 Å². The van der Waals surface area contributed by atoms with Gasteiger partial charge in [-0.2, -0.15) is 0 Å². The molecule has 1 aromatic carbocycles. The molecule has 24 heavy (non-hydrogen) atoms. The Labute approximate surface area is 146 Å². The number of rotatable bonds is 7. The second-order valence-electron chi connectivity index (χ2n) is 6.96. The van der Waals surface area contributed by atoms with Gasteiger partial charge in [-0.1, -0.05) is 18.2 Å². The predicted molar refractivity (Wildman–Crippen MR) is 97.3 cm³/mol. The minimum atomic E-state index is -0.00872. The number of likely N-dealkylation sites (N-methyl/N-ethyl adjacent to an activating group) is 1. The molecule has 5 heteroatoms. The number of carbonyl (C=O) groups is 1. The summed E-state index contributed by atoms with van der Waals surface area (Å²) in [4.78, 5) is 16.6. The van der Waals surface area contributed by atoms with Gasteiger partial charge in [0.05, 0.1) is 6.10 Å². The summed E-state index contributed by atoms with van der Waals surface area (Å²) in [6.45, 7) is 7.81. The van der Waals surface area contributed by atoms with Crippen LogP contribution in [0.1, 0.15) is 29.5 Å². The summed E-state index contributed by atoms with van der Waals surface area (Å²) >= 11 is 0.